The van der Waals surface area contributed by atoms with Gasteiger partial charge >= 0.3 is 11.9 Å². The molecule has 0 unspecified atom stereocenters. The zero-order valence-corrected chi connectivity index (χ0v) is 36.8. The number of halogens is 5. The Morgan fingerprint density at radius 1 is 0.590 bits per heavy atom. The number of carbonyl (C=O) groups is 6. The third-order valence-electron chi connectivity index (χ3n) is 10.3. The first-order valence-electron chi connectivity index (χ1n) is 21.8. The highest BCUT2D eigenvalue weighted by Gasteiger charge is 2.35. The maximum atomic E-state index is 14.2. The summed E-state index contributed by atoms with van der Waals surface area (Å²) >= 11 is 0. The predicted octanol–water partition coefficient (Wildman–Crippen LogP) is 7.52. The molecule has 0 radical (unpaired) electrons. The molecule has 0 bridgehead atoms. The number of carbonyl (C=O) groups excluding carboxylic acids is 6. The van der Waals surface area contributed by atoms with Crippen molar-refractivity contribution in [1.82, 2.24) is 21.3 Å². The van der Waals surface area contributed by atoms with Crippen molar-refractivity contribution in [3.8, 4) is 0 Å². The molecule has 12 nitrogen and oxygen atoms in total. The highest BCUT2D eigenvalue weighted by atomic mass is 19.2. The third-order valence-corrected chi connectivity index (χ3v) is 10.3. The lowest BCUT2D eigenvalue weighted by Gasteiger charge is -2.29. The minimum atomic E-state index is -2.38. The molecule has 1 aliphatic rings. The van der Waals surface area contributed by atoms with Gasteiger partial charge < -0.3 is 30.7 Å². The number of benzene rings is 1. The van der Waals surface area contributed by atoms with Crippen molar-refractivity contribution in [1.29, 1.82) is 0 Å². The van der Waals surface area contributed by atoms with Gasteiger partial charge in [-0.25, -0.2) is 26.7 Å². The lowest BCUT2D eigenvalue weighted by Crippen LogP contribution is -2.58. The van der Waals surface area contributed by atoms with E-state index in [1.807, 2.05) is 27.7 Å². The topological polar surface area (TPSA) is 169 Å². The first kappa shape index (κ1) is 52.8. The van der Waals surface area contributed by atoms with E-state index in [2.05, 4.69) is 28.2 Å². The monoisotopic (exact) mass is 874 g/mol. The van der Waals surface area contributed by atoms with E-state index >= 15 is 0 Å². The highest BCUT2D eigenvalue weighted by Crippen LogP contribution is 2.24. The van der Waals surface area contributed by atoms with Crippen LogP contribution in [0, 0.1) is 46.8 Å². The fourth-order valence-corrected chi connectivity index (χ4v) is 7.03. The molecule has 0 aliphatic carbocycles. The number of amides is 4. The molecular formula is C44H67F5N4O8. The van der Waals surface area contributed by atoms with Gasteiger partial charge in [-0.15, -0.1) is 0 Å². The van der Waals surface area contributed by atoms with Gasteiger partial charge in [0.05, 0.1) is 12.0 Å². The SMILES string of the molecule is CCCCCCCCCCC[C@@H]1CC(=O)N[C@@H](CCC(=O)OCc2c(F)c(F)c(F)c(F)c2F)C(=O)N[C@@H](CC(C)C)C(=O)N[C@H](CC(C)C)C(=O)N[C@@H](CC(C)C)C(=O)O1. The molecule has 1 aliphatic heterocycles. The summed E-state index contributed by atoms with van der Waals surface area (Å²) in [6.07, 6.45) is 7.41. The molecule has 0 aromatic heterocycles. The van der Waals surface area contributed by atoms with Crippen molar-refractivity contribution in [3.63, 3.8) is 0 Å². The van der Waals surface area contributed by atoms with Crippen LogP contribution in [0.3, 0.4) is 0 Å². The Balaban J connectivity index is 2.44. The number of unbranched alkanes of at least 4 members (excludes halogenated alkanes) is 8. The summed E-state index contributed by atoms with van der Waals surface area (Å²) in [7, 11) is 0. The molecule has 1 aromatic carbocycles. The van der Waals surface area contributed by atoms with E-state index in [9.17, 15) is 50.7 Å². The second kappa shape index (κ2) is 26.9. The molecule has 2 rings (SSSR count). The van der Waals surface area contributed by atoms with Crippen LogP contribution in [-0.4, -0.2) is 65.8 Å². The van der Waals surface area contributed by atoms with E-state index in [-0.39, 0.29) is 37.0 Å². The number of ether oxygens (including phenoxy) is 2. The molecule has 1 saturated heterocycles. The Morgan fingerprint density at radius 3 is 1.51 bits per heavy atom. The van der Waals surface area contributed by atoms with Crippen molar-refractivity contribution in [2.24, 2.45) is 17.8 Å². The van der Waals surface area contributed by atoms with E-state index in [0.29, 0.717) is 12.8 Å². The van der Waals surface area contributed by atoms with Crippen molar-refractivity contribution in [2.75, 3.05) is 0 Å². The van der Waals surface area contributed by atoms with Crippen LogP contribution in [0.1, 0.15) is 157 Å². The van der Waals surface area contributed by atoms with Gasteiger partial charge in [-0.1, -0.05) is 99.8 Å². The summed E-state index contributed by atoms with van der Waals surface area (Å²) in [4.78, 5) is 81.8. The second-order valence-corrected chi connectivity index (χ2v) is 17.3. The smallest absolute Gasteiger partial charge is 0.328 e. The number of hydrogen-bond acceptors (Lipinski definition) is 8. The quantitative estimate of drug-likeness (QED) is 0.0324. The van der Waals surface area contributed by atoms with Crippen molar-refractivity contribution >= 4 is 35.6 Å². The van der Waals surface area contributed by atoms with Crippen LogP contribution in [0.15, 0.2) is 0 Å². The Kier molecular flexibility index (Phi) is 23.3. The van der Waals surface area contributed by atoms with Crippen LogP contribution >= 0.6 is 0 Å². The molecule has 1 fully saturated rings. The number of cyclic esters (lactones) is 1. The van der Waals surface area contributed by atoms with Crippen LogP contribution in [0.25, 0.3) is 0 Å². The Hall–Kier alpha value is -4.31. The molecule has 0 spiro atoms. The highest BCUT2D eigenvalue weighted by molar-refractivity contribution is 5.95. The van der Waals surface area contributed by atoms with Crippen molar-refractivity contribution in [3.05, 3.63) is 34.6 Å². The number of hydrogen-bond donors (Lipinski definition) is 4. The molecule has 61 heavy (non-hydrogen) atoms. The lowest BCUT2D eigenvalue weighted by atomic mass is 9.98. The van der Waals surface area contributed by atoms with Gasteiger partial charge in [0.1, 0.15) is 36.9 Å². The van der Waals surface area contributed by atoms with Gasteiger partial charge in [-0.3, -0.25) is 24.0 Å². The van der Waals surface area contributed by atoms with Crippen LogP contribution in [-0.2, 0) is 44.8 Å². The minimum absolute atomic E-state index is 0.0604. The maximum absolute atomic E-state index is 14.2. The van der Waals surface area contributed by atoms with E-state index < -0.39 is 126 Å². The van der Waals surface area contributed by atoms with E-state index in [0.717, 1.165) is 38.5 Å². The van der Waals surface area contributed by atoms with Crippen LogP contribution in [0.2, 0.25) is 0 Å². The summed E-state index contributed by atoms with van der Waals surface area (Å²) in [5.41, 5.74) is -1.38. The summed E-state index contributed by atoms with van der Waals surface area (Å²) < 4.78 is 80.2. The van der Waals surface area contributed by atoms with Crippen molar-refractivity contribution in [2.45, 2.75) is 188 Å². The third kappa shape index (κ3) is 18.7. The number of nitrogens with one attached hydrogen (secondary N) is 4. The summed E-state index contributed by atoms with van der Waals surface area (Å²) in [5.74, 6) is -16.4. The summed E-state index contributed by atoms with van der Waals surface area (Å²) in [6.45, 7) is 11.9. The first-order chi connectivity index (χ1) is 28.7. The summed E-state index contributed by atoms with van der Waals surface area (Å²) in [5, 5.41) is 10.7. The van der Waals surface area contributed by atoms with Gasteiger partial charge in [0.25, 0.3) is 0 Å². The molecule has 1 heterocycles. The summed E-state index contributed by atoms with van der Waals surface area (Å²) in [6, 6.07) is -4.94. The van der Waals surface area contributed by atoms with Gasteiger partial charge in [0.15, 0.2) is 23.3 Å². The Labute approximate surface area is 357 Å². The molecule has 17 heteroatoms. The van der Waals surface area contributed by atoms with Gasteiger partial charge in [0.2, 0.25) is 29.4 Å². The maximum Gasteiger partial charge on any atom is 0.328 e. The normalized spacial score (nSPS) is 21.0. The molecule has 4 amide bonds. The average Bonchev–Trinajstić information content (AvgIpc) is 3.18. The molecule has 346 valence electrons. The molecule has 0 saturated carbocycles. The van der Waals surface area contributed by atoms with E-state index in [1.54, 1.807) is 13.8 Å². The van der Waals surface area contributed by atoms with Crippen LogP contribution in [0.5, 0.6) is 0 Å². The number of rotatable bonds is 21. The van der Waals surface area contributed by atoms with Gasteiger partial charge in [0, 0.05) is 6.42 Å². The fourth-order valence-electron chi connectivity index (χ4n) is 7.03. The van der Waals surface area contributed by atoms with Crippen LogP contribution < -0.4 is 21.3 Å². The van der Waals surface area contributed by atoms with Crippen LogP contribution in [0.4, 0.5) is 22.0 Å². The molecule has 4 N–H and O–H groups in total. The van der Waals surface area contributed by atoms with Gasteiger partial charge in [-0.2, -0.15) is 0 Å². The Bertz CT molecular complexity index is 1600. The average molecular weight is 875 g/mol. The zero-order valence-electron chi connectivity index (χ0n) is 36.8. The zero-order chi connectivity index (χ0) is 45.8. The largest absolute Gasteiger partial charge is 0.461 e. The standard InChI is InChI=1S/C44H67F5N4O8/c1-8-9-10-11-12-13-14-15-16-17-28-23-34(54)50-30(18-19-35(55)60-24-29-36(45)38(47)40(49)39(48)37(29)46)41(56)51-31(20-25(2)3)42(57)52-32(21-26(4)5)43(58)53-33(22-27(6)7)44(59)61-28/h25-28,30-33H,8-24H2,1-7H3,(H,50,54)(H,51,56)(H,52,57)(H,53,58)/t28-,30+,31+,32-,33+/m1/s1. The number of esters is 2. The van der Waals surface area contributed by atoms with Crippen molar-refractivity contribution < 1.29 is 60.2 Å². The van der Waals surface area contributed by atoms with E-state index in [4.69, 9.17) is 9.47 Å². The molecule has 1 aromatic rings. The lowest BCUT2D eigenvalue weighted by molar-refractivity contribution is -0.155. The fraction of sp³-hybridized carbons (Fsp3) is 0.727. The van der Waals surface area contributed by atoms with E-state index in [1.165, 1.54) is 12.8 Å². The minimum Gasteiger partial charge on any atom is -0.461 e. The second-order valence-electron chi connectivity index (χ2n) is 17.3. The van der Waals surface area contributed by atoms with Gasteiger partial charge in [-0.05, 0) is 56.3 Å². The molecular weight excluding hydrogens is 807 g/mol. The first-order valence-corrected chi connectivity index (χ1v) is 21.8. The predicted molar refractivity (Wildman–Crippen MR) is 218 cm³/mol. The Morgan fingerprint density at radius 2 is 1.02 bits per heavy atom. The molecule has 5 atom stereocenters.